The molecule has 47 heavy (non-hydrogen) atoms. The molecule has 254 valence electrons. The van der Waals surface area contributed by atoms with Crippen molar-refractivity contribution in [3.05, 3.63) is 25.3 Å². The molecule has 4 saturated heterocycles. The van der Waals surface area contributed by atoms with Crippen LogP contribution in [0.1, 0.15) is 54.0 Å². The Kier molecular flexibility index (Phi) is 8.03. The van der Waals surface area contributed by atoms with Crippen LogP contribution < -0.4 is 22.5 Å². The van der Waals surface area contributed by atoms with Gasteiger partial charge in [0.2, 0.25) is 0 Å². The fourth-order valence-corrected chi connectivity index (χ4v) is 6.58. The Balaban J connectivity index is 0.000000151. The molecule has 4 aromatic heterocycles. The van der Waals surface area contributed by atoms with Gasteiger partial charge in [-0.1, -0.05) is 13.8 Å². The molecule has 0 amide bonds. The molecule has 18 nitrogen and oxygen atoms in total. The van der Waals surface area contributed by atoms with Crippen molar-refractivity contribution in [1.82, 2.24) is 44.4 Å². The maximum atomic E-state index is 6.27. The molecule has 4 fully saturated rings. The number of anilines is 2. The van der Waals surface area contributed by atoms with Gasteiger partial charge < -0.3 is 50.9 Å². The molecular weight excluding hydrogens is 612 g/mol. The van der Waals surface area contributed by atoms with E-state index in [0.29, 0.717) is 53.1 Å². The predicted octanol–water partition coefficient (Wildman–Crippen LogP) is 0.609. The first kappa shape index (κ1) is 32.0. The largest absolute Gasteiger partial charge is 0.382 e. The molecule has 8 heterocycles. The van der Waals surface area contributed by atoms with E-state index >= 15 is 0 Å². The van der Waals surface area contributed by atoms with E-state index in [1.54, 1.807) is 17.2 Å². The number of nitrogens with two attached hydrogens (primary N) is 3. The summed E-state index contributed by atoms with van der Waals surface area (Å²) >= 11 is 0. The number of rotatable bonds is 6. The third-order valence-electron chi connectivity index (χ3n) is 8.53. The summed E-state index contributed by atoms with van der Waals surface area (Å²) in [7, 11) is 0. The second-order valence-corrected chi connectivity index (χ2v) is 13.2. The van der Waals surface area contributed by atoms with Gasteiger partial charge >= 0.3 is 0 Å². The number of ether oxygens (including phenoxy) is 6. The topological polar surface area (TPSA) is 233 Å². The van der Waals surface area contributed by atoms with Crippen LogP contribution in [-0.4, -0.2) is 106 Å². The highest BCUT2D eigenvalue weighted by atomic mass is 16.8. The van der Waals surface area contributed by atoms with Gasteiger partial charge in [0.25, 0.3) is 0 Å². The molecule has 4 aliphatic heterocycles. The molecule has 7 N–H and O–H groups in total. The lowest BCUT2D eigenvalue weighted by Gasteiger charge is -2.25. The summed E-state index contributed by atoms with van der Waals surface area (Å²) in [5.74, 6) is -0.648. The minimum atomic E-state index is -0.671. The number of nitrogen functional groups attached to an aromatic ring is 2. The van der Waals surface area contributed by atoms with Crippen LogP contribution in [0, 0.1) is 0 Å². The maximum absolute atomic E-state index is 6.27. The number of fused-ring (bicyclic) bond motifs is 4. The first-order valence-corrected chi connectivity index (χ1v) is 15.7. The van der Waals surface area contributed by atoms with Crippen molar-refractivity contribution >= 4 is 34.0 Å². The Morgan fingerprint density at radius 3 is 1.62 bits per heavy atom. The maximum Gasteiger partial charge on any atom is 0.167 e. The number of aromatic nitrogens is 8. The van der Waals surface area contributed by atoms with E-state index < -0.39 is 17.8 Å². The van der Waals surface area contributed by atoms with Crippen LogP contribution in [-0.2, 0) is 28.4 Å². The van der Waals surface area contributed by atoms with Gasteiger partial charge in [-0.15, -0.1) is 0 Å². The normalized spacial score (nSPS) is 32.2. The van der Waals surface area contributed by atoms with Crippen molar-refractivity contribution in [2.24, 2.45) is 5.73 Å². The lowest BCUT2D eigenvalue weighted by molar-refractivity contribution is -0.195. The fraction of sp³-hybridized carbons (Fsp3) is 0.655. The monoisotopic (exact) mass is 654 g/mol. The van der Waals surface area contributed by atoms with Crippen molar-refractivity contribution in [2.75, 3.05) is 24.6 Å². The number of nitrogens with one attached hydrogen (secondary N) is 1. The molecule has 8 atom stereocenters. The van der Waals surface area contributed by atoms with Crippen LogP contribution in [0.25, 0.3) is 22.3 Å². The van der Waals surface area contributed by atoms with E-state index in [0.717, 1.165) is 0 Å². The van der Waals surface area contributed by atoms with Gasteiger partial charge in [-0.05, 0) is 27.7 Å². The van der Waals surface area contributed by atoms with Gasteiger partial charge in [-0.3, -0.25) is 9.13 Å². The van der Waals surface area contributed by atoms with Crippen LogP contribution in [0.15, 0.2) is 25.3 Å². The second kappa shape index (κ2) is 11.8. The van der Waals surface area contributed by atoms with E-state index in [1.807, 2.05) is 32.3 Å². The second-order valence-electron chi connectivity index (χ2n) is 13.2. The van der Waals surface area contributed by atoms with Gasteiger partial charge in [0.15, 0.2) is 47.0 Å². The highest BCUT2D eigenvalue weighted by Crippen LogP contribution is 2.45. The molecule has 18 heteroatoms. The Morgan fingerprint density at radius 2 is 1.15 bits per heavy atom. The Labute approximate surface area is 270 Å². The van der Waals surface area contributed by atoms with Gasteiger partial charge in [0.1, 0.15) is 60.3 Å². The van der Waals surface area contributed by atoms with Crippen molar-refractivity contribution in [2.45, 2.75) is 108 Å². The van der Waals surface area contributed by atoms with E-state index in [4.69, 9.17) is 45.6 Å². The number of nitrogens with zero attached hydrogens (tertiary/aromatic N) is 8. The minimum absolute atomic E-state index is 0.129. The molecule has 0 saturated carbocycles. The van der Waals surface area contributed by atoms with Gasteiger partial charge in [0, 0.05) is 19.1 Å². The van der Waals surface area contributed by atoms with E-state index in [2.05, 4.69) is 49.1 Å². The fourth-order valence-electron chi connectivity index (χ4n) is 6.58. The standard InChI is InChI=1S/C16H24N6O3.C13H18N6O3/c1-8(2)18-5-9-11-12(25-16(3,4)24-11)15(23-9)22-7-21-10-13(17)19-6-20-14(10)22;1-13(2)21-8-6(3-14)20-12(9(8)22-13)19-5-18-7-10(15)16-4-17-11(7)19/h6-9,11-12,15,18H,5H2,1-4H3,(H2,17,19,20);4-6,8-9,12H,3,14H2,1-2H3,(H2,15,16,17)/t9-,11-,12?,15?;6-,8-,9?,12?/m11/s1. The van der Waals surface area contributed by atoms with Gasteiger partial charge in [0.05, 0.1) is 12.7 Å². The van der Waals surface area contributed by atoms with Crippen LogP contribution in [0.2, 0.25) is 0 Å². The third kappa shape index (κ3) is 5.78. The predicted molar refractivity (Wildman–Crippen MR) is 167 cm³/mol. The van der Waals surface area contributed by atoms with E-state index in [-0.39, 0.29) is 42.9 Å². The SMILES string of the molecule is CC(C)NC[C@H]1OC(n2cnc3c(N)ncnc32)C2OC(C)(C)O[C@@H]21.CC1(C)OC2C(n3cnc4c(N)ncnc43)O[C@H](CN)[C@H]2O1. The highest BCUT2D eigenvalue weighted by molar-refractivity contribution is 5.81. The van der Waals surface area contributed by atoms with Gasteiger partial charge in [-0.2, -0.15) is 0 Å². The average Bonchev–Trinajstić information content (AvgIpc) is 3.84. The molecular formula is C29H42N12O6. The van der Waals surface area contributed by atoms with Crippen molar-refractivity contribution in [1.29, 1.82) is 0 Å². The van der Waals surface area contributed by atoms with Gasteiger partial charge in [-0.25, -0.2) is 29.9 Å². The average molecular weight is 655 g/mol. The van der Waals surface area contributed by atoms with Crippen LogP contribution >= 0.6 is 0 Å². The highest BCUT2D eigenvalue weighted by Gasteiger charge is 2.57. The molecule has 0 bridgehead atoms. The number of imidazole rings is 2. The summed E-state index contributed by atoms with van der Waals surface area (Å²) in [5.41, 5.74) is 19.8. The summed E-state index contributed by atoms with van der Waals surface area (Å²) in [6.07, 6.45) is 4.04. The lowest BCUT2D eigenvalue weighted by Crippen LogP contribution is -2.39. The molecule has 0 radical (unpaired) electrons. The molecule has 0 aromatic carbocycles. The summed E-state index contributed by atoms with van der Waals surface area (Å²) < 4.78 is 40.1. The molecule has 0 aliphatic carbocycles. The zero-order chi connectivity index (χ0) is 33.2. The van der Waals surface area contributed by atoms with Crippen molar-refractivity contribution in [3.8, 4) is 0 Å². The zero-order valence-corrected chi connectivity index (χ0v) is 27.2. The summed E-state index contributed by atoms with van der Waals surface area (Å²) in [6.45, 7) is 12.8. The summed E-state index contributed by atoms with van der Waals surface area (Å²) in [6, 6.07) is 0.359. The Morgan fingerprint density at radius 1 is 0.702 bits per heavy atom. The summed E-state index contributed by atoms with van der Waals surface area (Å²) in [4.78, 5) is 25.1. The molecule has 4 unspecified atom stereocenters. The van der Waals surface area contributed by atoms with E-state index in [1.165, 1.54) is 12.7 Å². The van der Waals surface area contributed by atoms with Crippen molar-refractivity contribution in [3.63, 3.8) is 0 Å². The molecule has 0 spiro atoms. The quantitative estimate of drug-likeness (QED) is 0.223. The lowest BCUT2D eigenvalue weighted by atomic mass is 10.1. The molecule has 8 rings (SSSR count). The van der Waals surface area contributed by atoms with Crippen LogP contribution in [0.4, 0.5) is 11.6 Å². The number of hydrogen-bond acceptors (Lipinski definition) is 16. The smallest absolute Gasteiger partial charge is 0.167 e. The summed E-state index contributed by atoms with van der Waals surface area (Å²) in [5, 5.41) is 3.41. The first-order valence-electron chi connectivity index (χ1n) is 15.7. The first-order chi connectivity index (χ1) is 22.4. The minimum Gasteiger partial charge on any atom is -0.382 e. The van der Waals surface area contributed by atoms with Crippen LogP contribution in [0.3, 0.4) is 0 Å². The Bertz CT molecular complexity index is 1750. The zero-order valence-electron chi connectivity index (χ0n) is 27.2. The number of hydrogen-bond donors (Lipinski definition) is 4. The van der Waals surface area contributed by atoms with Crippen molar-refractivity contribution < 1.29 is 28.4 Å². The third-order valence-corrected chi connectivity index (χ3v) is 8.53. The molecule has 4 aliphatic rings. The molecule has 4 aromatic rings. The van der Waals surface area contributed by atoms with E-state index in [9.17, 15) is 0 Å². The Hall–Kier alpha value is -3.62. The van der Waals surface area contributed by atoms with Crippen LogP contribution in [0.5, 0.6) is 0 Å².